The molecule has 4 aromatic carbocycles. The van der Waals surface area contributed by atoms with E-state index in [1.165, 1.54) is 117 Å². The Morgan fingerprint density at radius 1 is 0.439 bits per heavy atom. The van der Waals surface area contributed by atoms with Gasteiger partial charge in [-0.05, 0) is 108 Å². The Kier molecular flexibility index (Phi) is 39.0. The van der Waals surface area contributed by atoms with Gasteiger partial charge >= 0.3 is 0 Å². The van der Waals surface area contributed by atoms with Gasteiger partial charge in [0.2, 0.25) is 100 Å². The van der Waals surface area contributed by atoms with Crippen LogP contribution in [0.1, 0.15) is 102 Å². The van der Waals surface area contributed by atoms with Crippen LogP contribution in [0.3, 0.4) is 0 Å². The molecule has 42 heteroatoms. The van der Waals surface area contributed by atoms with Gasteiger partial charge < -0.3 is 122 Å². The number of amides is 17. The number of aromatic amines is 1. The molecule has 0 spiro atoms. The Balaban J connectivity index is 1.40. The van der Waals surface area contributed by atoms with E-state index in [9.17, 15) is 92.7 Å². The van der Waals surface area contributed by atoms with Gasteiger partial charge in [0.05, 0.1) is 50.4 Å². The van der Waals surface area contributed by atoms with E-state index in [4.69, 9.17) is 11.5 Å². The van der Waals surface area contributed by atoms with Crippen molar-refractivity contribution in [3.05, 3.63) is 138 Å². The summed E-state index contributed by atoms with van der Waals surface area (Å²) in [5.41, 5.74) is 12.5. The normalized spacial score (nSPS) is 23.1. The molecular weight excluding hydrogens is 1620 g/mol. The van der Waals surface area contributed by atoms with Crippen LogP contribution in [0.2, 0.25) is 0 Å². The van der Waals surface area contributed by atoms with Crippen molar-refractivity contribution in [1.29, 1.82) is 0 Å². The number of phenols is 4. The molecule has 13 atom stereocenters. The predicted octanol–water partition coefficient (Wildman–Crippen LogP) is -4.83. The van der Waals surface area contributed by atoms with Gasteiger partial charge in [0, 0.05) is 44.1 Å². The minimum Gasteiger partial charge on any atom is -0.508 e. The molecule has 0 bridgehead atoms. The van der Waals surface area contributed by atoms with E-state index in [2.05, 4.69) is 89.7 Å². The maximum absolute atomic E-state index is 15.1. The standard InChI is InChI=1S/C81H109N19O22S/c1-8-43(6)69-81(122)98-59(30-48-15-23-53(105)24-16-48)77(118)96-58(29-47-13-21-52(104)22-14-47)74(115)89-44(7)70(111)99-62(37-101)80(121)94-55(26-42(4)5)75(116)95-56(27-45-9-17-50(102)18-10-45)72(113)87-35-66(108)90-61(32-64(82)106)78(119)93-54(25-41(2)3)71(112)86-36-67(109)92-63(73(114)85-34-65(83)107)38-123-39-68(110)91-57(28-46-11-19-51(103)20-12-46)76(117)97-60(79(120)100-69)31-49-33-84-40-88-49/h9-24,33,40-44,54-63,69,101-105H,8,25-32,34-39H2,1-7H3,(H2,82,106)(H2,83,107)(H,84,88)(H,85,114)(H,86,112)(H,87,113)(H,89,115)(H,90,108)(H,91,110)(H,92,109)(H,93,119)(H,94,121)(H,95,116)(H,96,118)(H,97,117)(H,98,122)(H,99,111)(H,100,120)/t43-,44-,54-,55-,56-,57-,58-,59-,60-,61-,62-,63-,69-/m0/s1. The lowest BCUT2D eigenvalue weighted by molar-refractivity contribution is -0.136. The van der Waals surface area contributed by atoms with E-state index < -0.39 is 223 Å². The number of hydrogen-bond acceptors (Lipinski definition) is 24. The van der Waals surface area contributed by atoms with E-state index in [0.717, 1.165) is 11.8 Å². The molecule has 1 saturated heterocycles. The molecule has 17 amide bonds. The highest BCUT2D eigenvalue weighted by Crippen LogP contribution is 2.20. The zero-order valence-electron chi connectivity index (χ0n) is 68.8. The largest absolute Gasteiger partial charge is 0.508 e. The molecule has 0 radical (unpaired) electrons. The van der Waals surface area contributed by atoms with Crippen molar-refractivity contribution in [2.75, 3.05) is 37.7 Å². The number of aliphatic hydroxyl groups excluding tert-OH is 1. The fourth-order valence-electron chi connectivity index (χ4n) is 12.5. The minimum absolute atomic E-state index is 0.129. The van der Waals surface area contributed by atoms with Crippen LogP contribution < -0.4 is 91.2 Å². The molecule has 0 unspecified atom stereocenters. The van der Waals surface area contributed by atoms with Crippen LogP contribution in [0.15, 0.2) is 110 Å². The number of nitrogens with zero attached hydrogens (tertiary/aromatic N) is 1. The monoisotopic (exact) mass is 1730 g/mol. The summed E-state index contributed by atoms with van der Waals surface area (Å²) >= 11 is 0.739. The predicted molar refractivity (Wildman–Crippen MR) is 443 cm³/mol. The highest BCUT2D eigenvalue weighted by molar-refractivity contribution is 8.00. The van der Waals surface area contributed by atoms with Crippen LogP contribution in [0.5, 0.6) is 23.0 Å². The highest BCUT2D eigenvalue weighted by Gasteiger charge is 2.39. The second kappa shape index (κ2) is 48.7. The van der Waals surface area contributed by atoms with Gasteiger partial charge in [0.1, 0.15) is 95.5 Å². The number of aliphatic hydroxyl groups is 1. The number of hydrogen-bond donors (Lipinski definition) is 23. The maximum atomic E-state index is 15.1. The Labute approximate surface area is 712 Å². The first kappa shape index (κ1) is 98.4. The topological polar surface area (TPSA) is 653 Å². The molecule has 2 heterocycles. The van der Waals surface area contributed by atoms with Crippen LogP contribution in [-0.4, -0.2) is 246 Å². The molecule has 1 aliphatic rings. The quantitative estimate of drug-likeness (QED) is 0.0309. The summed E-state index contributed by atoms with van der Waals surface area (Å²) in [4.78, 5) is 246. The molecule has 5 aromatic rings. The van der Waals surface area contributed by atoms with Crippen LogP contribution >= 0.6 is 11.8 Å². The molecule has 0 saturated carbocycles. The van der Waals surface area contributed by atoms with Crippen molar-refractivity contribution in [2.24, 2.45) is 29.2 Å². The van der Waals surface area contributed by atoms with Crippen molar-refractivity contribution in [3.63, 3.8) is 0 Å². The molecule has 1 fully saturated rings. The third-order valence-corrected chi connectivity index (χ3v) is 20.2. The Bertz CT molecular complexity index is 4500. The summed E-state index contributed by atoms with van der Waals surface area (Å²) in [6, 6.07) is 2.40. The summed E-state index contributed by atoms with van der Waals surface area (Å²) in [6.07, 6.45) is 0.0998. The molecule has 123 heavy (non-hydrogen) atoms. The third-order valence-electron chi connectivity index (χ3n) is 19.2. The molecular formula is C81H109N19O22S. The molecule has 666 valence electrons. The maximum Gasteiger partial charge on any atom is 0.245 e. The minimum atomic E-state index is -1.85. The number of nitrogens with one attached hydrogen (secondary N) is 16. The van der Waals surface area contributed by atoms with Crippen molar-refractivity contribution >= 4 is 112 Å². The summed E-state index contributed by atoms with van der Waals surface area (Å²) in [6.45, 7) is 7.53. The molecule has 41 nitrogen and oxygen atoms in total. The first-order chi connectivity index (χ1) is 58.3. The van der Waals surface area contributed by atoms with Crippen molar-refractivity contribution in [2.45, 2.75) is 179 Å². The van der Waals surface area contributed by atoms with E-state index in [0.29, 0.717) is 22.3 Å². The summed E-state index contributed by atoms with van der Waals surface area (Å²) < 4.78 is 0. The summed E-state index contributed by atoms with van der Waals surface area (Å²) in [5, 5.41) is 88.8. The van der Waals surface area contributed by atoms with Gasteiger partial charge in [0.15, 0.2) is 0 Å². The lowest BCUT2D eigenvalue weighted by atomic mass is 9.96. The second-order valence-corrected chi connectivity index (χ2v) is 31.4. The number of nitrogens with two attached hydrogens (primary N) is 2. The lowest BCUT2D eigenvalue weighted by Gasteiger charge is -2.29. The Morgan fingerprint density at radius 2 is 0.805 bits per heavy atom. The number of rotatable bonds is 22. The number of H-pyrrole nitrogens is 1. The lowest BCUT2D eigenvalue weighted by Crippen LogP contribution is -2.62. The van der Waals surface area contributed by atoms with Gasteiger partial charge in [-0.25, -0.2) is 4.98 Å². The first-order valence-corrected chi connectivity index (χ1v) is 40.7. The average molecular weight is 1730 g/mol. The molecule has 25 N–H and O–H groups in total. The number of benzene rings is 4. The Morgan fingerprint density at radius 3 is 1.24 bits per heavy atom. The van der Waals surface area contributed by atoms with Crippen molar-refractivity contribution < 1.29 is 107 Å². The van der Waals surface area contributed by atoms with E-state index in [-0.39, 0.29) is 91.9 Å². The van der Waals surface area contributed by atoms with E-state index in [1.807, 2.05) is 0 Å². The summed E-state index contributed by atoms with van der Waals surface area (Å²) in [5.74, 6) is -20.7. The molecule has 1 aromatic heterocycles. The average Bonchev–Trinajstić information content (AvgIpc) is 1.17. The zero-order valence-corrected chi connectivity index (χ0v) is 69.7. The Hall–Kier alpha value is -13.4. The van der Waals surface area contributed by atoms with Crippen molar-refractivity contribution in [1.82, 2.24) is 89.7 Å². The number of carbonyl (C=O) groups is 17. The van der Waals surface area contributed by atoms with Gasteiger partial charge in [-0.2, -0.15) is 0 Å². The SMILES string of the molecule is CC[C@H](C)[C@@H]1NC(=O)[C@H](Cc2c[nH]cn2)NC(=O)[C@H](Cc2ccc(O)cc2)NC(=O)CSC[C@@H](C(=O)NCC(N)=O)NC(=O)CNC(=O)[C@H](CC(C)C)NC(=O)[C@H](CC(N)=O)NC(=O)CNC(=O)[C@H](Cc2ccc(O)cc2)NC(=O)[C@H](CC(C)C)NC(=O)[C@H](CO)NC(=O)[C@H](C)NC(=O)[C@H](Cc2ccc(O)cc2)NC(=O)[C@H](Cc2ccc(O)cc2)NC1=O. The van der Waals surface area contributed by atoms with Gasteiger partial charge in [-0.3, -0.25) is 81.5 Å². The van der Waals surface area contributed by atoms with Crippen LogP contribution in [-0.2, 0) is 114 Å². The van der Waals surface area contributed by atoms with E-state index in [1.54, 1.807) is 41.5 Å². The second-order valence-electron chi connectivity index (χ2n) is 30.4. The van der Waals surface area contributed by atoms with E-state index >= 15 is 14.4 Å². The fraction of sp³-hybridized carbons (Fsp3) is 0.457. The summed E-state index contributed by atoms with van der Waals surface area (Å²) in [7, 11) is 0. The van der Waals surface area contributed by atoms with Crippen molar-refractivity contribution in [3.8, 4) is 23.0 Å². The third kappa shape index (κ3) is 34.0. The van der Waals surface area contributed by atoms with Gasteiger partial charge in [-0.15, -0.1) is 11.8 Å². The smallest absolute Gasteiger partial charge is 0.245 e. The number of aromatic hydroxyl groups is 4. The number of phenolic OH excluding ortho intramolecular Hbond substituents is 4. The van der Waals surface area contributed by atoms with Gasteiger partial charge in [-0.1, -0.05) is 96.5 Å². The molecule has 0 aliphatic carbocycles. The molecule has 1 aliphatic heterocycles. The van der Waals surface area contributed by atoms with Crippen LogP contribution in [0, 0.1) is 17.8 Å². The van der Waals surface area contributed by atoms with Crippen LogP contribution in [0.25, 0.3) is 0 Å². The number of aromatic nitrogens is 2. The molecule has 6 rings (SSSR count). The number of imidazole rings is 1. The number of thioether (sulfide) groups is 1. The first-order valence-electron chi connectivity index (χ1n) is 39.6. The van der Waals surface area contributed by atoms with Gasteiger partial charge in [0.25, 0.3) is 0 Å². The van der Waals surface area contributed by atoms with Crippen LogP contribution in [0.4, 0.5) is 0 Å². The highest BCUT2D eigenvalue weighted by atomic mass is 32.2. The number of carbonyl (C=O) groups excluding carboxylic acids is 17. The number of primary amides is 2. The fourth-order valence-corrected chi connectivity index (χ4v) is 13.3. The zero-order chi connectivity index (χ0) is 90.7.